The van der Waals surface area contributed by atoms with Crippen molar-refractivity contribution < 1.29 is 18.1 Å². The normalized spacial score (nSPS) is 11.9. The zero-order valence-corrected chi connectivity index (χ0v) is 21.9. The molecule has 1 amide bonds. The van der Waals surface area contributed by atoms with E-state index in [2.05, 4.69) is 35.9 Å². The highest BCUT2D eigenvalue weighted by atomic mass is 35.5. The van der Waals surface area contributed by atoms with E-state index in [0.29, 0.717) is 19.8 Å². The molecule has 6 nitrogen and oxygen atoms in total. The maximum atomic E-state index is 11.6. The minimum absolute atomic E-state index is 0. The van der Waals surface area contributed by atoms with E-state index in [-0.39, 0.29) is 23.9 Å². The summed E-state index contributed by atoms with van der Waals surface area (Å²) in [4.78, 5) is 13.8. The highest BCUT2D eigenvalue weighted by molar-refractivity contribution is 6.62. The molecule has 0 radical (unpaired) electrons. The molecule has 0 bridgehead atoms. The number of para-hydroxylation sites is 1. The molecule has 1 unspecified atom stereocenters. The first kappa shape index (κ1) is 28.9. The van der Waals surface area contributed by atoms with Crippen LogP contribution in [0.3, 0.4) is 0 Å². The average molecular weight is 493 g/mol. The van der Waals surface area contributed by atoms with Crippen LogP contribution in [0.4, 0.5) is 17.1 Å². The fourth-order valence-corrected chi connectivity index (χ4v) is 6.38. The summed E-state index contributed by atoms with van der Waals surface area (Å²) in [7, 11) is -2.78. The highest BCUT2D eigenvalue weighted by Crippen LogP contribution is 2.32. The lowest BCUT2D eigenvalue weighted by Crippen LogP contribution is -2.50. The average Bonchev–Trinajstić information content (AvgIpc) is 2.81. The molecule has 182 valence electrons. The second kappa shape index (κ2) is 14.9. The number of anilines is 3. The third kappa shape index (κ3) is 8.28. The quantitative estimate of drug-likeness (QED) is 0.251. The van der Waals surface area contributed by atoms with Gasteiger partial charge in [-0.3, -0.25) is 4.79 Å². The van der Waals surface area contributed by atoms with Crippen molar-refractivity contribution in [2.24, 2.45) is 0 Å². The van der Waals surface area contributed by atoms with Gasteiger partial charge in [0.25, 0.3) is 0 Å². The molecule has 0 aliphatic heterocycles. The Morgan fingerprint density at radius 3 is 1.97 bits per heavy atom. The van der Waals surface area contributed by atoms with Gasteiger partial charge in [-0.15, -0.1) is 12.4 Å². The lowest BCUT2D eigenvalue weighted by atomic mass is 10.2. The topological polar surface area (TPSA) is 60.0 Å². The second-order valence-corrected chi connectivity index (χ2v) is 10.4. The van der Waals surface area contributed by atoms with E-state index in [1.807, 2.05) is 63.2 Å². The number of hydrogen-bond donors (Lipinski definition) is 1. The van der Waals surface area contributed by atoms with Crippen molar-refractivity contribution in [1.82, 2.24) is 0 Å². The molecule has 0 aromatic heterocycles. The summed E-state index contributed by atoms with van der Waals surface area (Å²) in [5, 5.41) is 2.79. The predicted octanol–water partition coefficient (Wildman–Crippen LogP) is 6.20. The summed E-state index contributed by atoms with van der Waals surface area (Å²) in [5.41, 5.74) is 3.01. The van der Waals surface area contributed by atoms with E-state index in [1.165, 1.54) is 6.08 Å². The third-order valence-corrected chi connectivity index (χ3v) is 8.69. The van der Waals surface area contributed by atoms with Gasteiger partial charge in [0.05, 0.1) is 0 Å². The van der Waals surface area contributed by atoms with E-state index < -0.39 is 8.80 Å². The predicted molar refractivity (Wildman–Crippen MR) is 141 cm³/mol. The van der Waals surface area contributed by atoms with Crippen LogP contribution in [0.1, 0.15) is 34.1 Å². The number of nitrogens with zero attached hydrogens (tertiary/aromatic N) is 1. The molecule has 0 aliphatic carbocycles. The smallest absolute Gasteiger partial charge is 0.374 e. The van der Waals surface area contributed by atoms with Gasteiger partial charge in [0.2, 0.25) is 5.91 Å². The Morgan fingerprint density at radius 1 is 0.970 bits per heavy atom. The van der Waals surface area contributed by atoms with Gasteiger partial charge in [-0.2, -0.15) is 0 Å². The van der Waals surface area contributed by atoms with E-state index >= 15 is 0 Å². The van der Waals surface area contributed by atoms with Gasteiger partial charge in [-0.05, 0) is 69.7 Å². The Hall–Kier alpha value is -2.16. The maximum absolute atomic E-state index is 11.6. The molecule has 33 heavy (non-hydrogen) atoms. The first-order valence-corrected chi connectivity index (χ1v) is 13.1. The molecule has 2 aromatic rings. The van der Waals surface area contributed by atoms with Crippen molar-refractivity contribution in [2.45, 2.75) is 39.7 Å². The van der Waals surface area contributed by atoms with Gasteiger partial charge in [0.1, 0.15) is 0 Å². The summed E-state index contributed by atoms with van der Waals surface area (Å²) >= 11 is 0. The minimum atomic E-state index is -2.78. The number of rotatable bonds is 14. The minimum Gasteiger partial charge on any atom is -0.374 e. The van der Waals surface area contributed by atoms with Crippen LogP contribution in [0, 0.1) is 0 Å². The van der Waals surface area contributed by atoms with Crippen LogP contribution in [-0.2, 0) is 18.1 Å². The van der Waals surface area contributed by atoms with E-state index in [4.69, 9.17) is 13.3 Å². The van der Waals surface area contributed by atoms with Crippen LogP contribution in [0.5, 0.6) is 0 Å². The molecule has 8 heteroatoms. The van der Waals surface area contributed by atoms with Crippen molar-refractivity contribution in [1.29, 1.82) is 0 Å². The lowest BCUT2D eigenvalue weighted by Gasteiger charge is -2.35. The monoisotopic (exact) mass is 492 g/mol. The molecule has 0 spiro atoms. The molecule has 2 rings (SSSR count). The number of carbonyl (C=O) groups excluding carboxylic acids is 1. The van der Waals surface area contributed by atoms with E-state index in [0.717, 1.165) is 30.0 Å². The molecule has 1 atom stereocenters. The molecule has 0 heterocycles. The molecular weight excluding hydrogens is 456 g/mol. The van der Waals surface area contributed by atoms with Gasteiger partial charge >= 0.3 is 8.80 Å². The summed E-state index contributed by atoms with van der Waals surface area (Å²) < 4.78 is 18.3. The van der Waals surface area contributed by atoms with Crippen LogP contribution in [0.2, 0.25) is 5.54 Å². The van der Waals surface area contributed by atoms with E-state index in [1.54, 1.807) is 0 Å². The molecular formula is C25H37ClN2O4Si. The summed E-state index contributed by atoms with van der Waals surface area (Å²) in [5.74, 6) is -0.226. The standard InChI is InChI=1S/C25H36N2O4Si.ClH/c1-6-25(28)26-22-15-17-24(18-16-22)27(23-13-11-10-12-14-23)20-19-21(5)32(29-7-2,30-8-3)31-9-4;/h6,10-18,21H,1,7-9,19-20H2,2-5H3,(H,26,28);1H. The molecule has 0 saturated heterocycles. The van der Waals surface area contributed by atoms with Gasteiger partial charge in [0.15, 0.2) is 0 Å². The SMILES string of the molecule is C=CC(=O)Nc1ccc(N(CCC(C)[Si](OCC)(OCC)OCC)c2ccccc2)cc1.Cl. The maximum Gasteiger partial charge on any atom is 0.503 e. The zero-order chi connectivity index (χ0) is 23.4. The number of amides is 1. The van der Waals surface area contributed by atoms with Crippen molar-refractivity contribution in [3.63, 3.8) is 0 Å². The number of carbonyl (C=O) groups is 1. The number of halogens is 1. The van der Waals surface area contributed by atoms with Gasteiger partial charge < -0.3 is 23.5 Å². The number of nitrogens with one attached hydrogen (secondary N) is 1. The number of hydrogen-bond acceptors (Lipinski definition) is 5. The first-order chi connectivity index (χ1) is 15.5. The second-order valence-electron chi connectivity index (χ2n) is 7.32. The van der Waals surface area contributed by atoms with Gasteiger partial charge in [0, 0.05) is 49.0 Å². The van der Waals surface area contributed by atoms with Crippen molar-refractivity contribution >= 4 is 44.2 Å². The molecule has 0 saturated carbocycles. The Morgan fingerprint density at radius 2 is 1.48 bits per heavy atom. The fraction of sp³-hybridized carbons (Fsp3) is 0.400. The van der Waals surface area contributed by atoms with Crippen LogP contribution < -0.4 is 10.2 Å². The first-order valence-electron chi connectivity index (χ1n) is 11.3. The van der Waals surface area contributed by atoms with Crippen LogP contribution in [0.25, 0.3) is 0 Å². The largest absolute Gasteiger partial charge is 0.503 e. The Balaban J connectivity index is 0.00000544. The molecule has 0 aliphatic rings. The third-order valence-electron chi connectivity index (χ3n) is 5.13. The van der Waals surface area contributed by atoms with Crippen molar-refractivity contribution in [2.75, 3.05) is 36.6 Å². The Kier molecular flexibility index (Phi) is 13.0. The fourth-order valence-electron chi connectivity index (χ4n) is 3.59. The zero-order valence-electron chi connectivity index (χ0n) is 20.1. The molecule has 1 N–H and O–H groups in total. The Labute approximate surface area is 205 Å². The molecule has 0 fully saturated rings. The summed E-state index contributed by atoms with van der Waals surface area (Å²) in [6.45, 7) is 14.1. The number of benzene rings is 2. The highest BCUT2D eigenvalue weighted by Gasteiger charge is 2.46. The molecule has 2 aromatic carbocycles. The van der Waals surface area contributed by atoms with Crippen molar-refractivity contribution in [3.8, 4) is 0 Å². The van der Waals surface area contributed by atoms with Crippen LogP contribution in [-0.4, -0.2) is 41.1 Å². The summed E-state index contributed by atoms with van der Waals surface area (Å²) in [6, 6.07) is 18.1. The van der Waals surface area contributed by atoms with Crippen LogP contribution >= 0.6 is 12.4 Å². The van der Waals surface area contributed by atoms with Crippen molar-refractivity contribution in [3.05, 3.63) is 67.3 Å². The van der Waals surface area contributed by atoms with Gasteiger partial charge in [-0.1, -0.05) is 31.7 Å². The van der Waals surface area contributed by atoms with E-state index in [9.17, 15) is 4.79 Å². The summed E-state index contributed by atoms with van der Waals surface area (Å²) in [6.07, 6.45) is 2.10. The lowest BCUT2D eigenvalue weighted by molar-refractivity contribution is -0.111. The van der Waals surface area contributed by atoms with Gasteiger partial charge in [-0.25, -0.2) is 0 Å². The van der Waals surface area contributed by atoms with Crippen LogP contribution in [0.15, 0.2) is 67.3 Å². The Bertz CT molecular complexity index is 819.